The lowest BCUT2D eigenvalue weighted by atomic mass is 9.72. The van der Waals surface area contributed by atoms with Crippen molar-refractivity contribution in [3.8, 4) is 0 Å². The highest BCUT2D eigenvalue weighted by molar-refractivity contribution is 9.10. The molecule has 112 valence electrons. The average molecular weight is 342 g/mol. The van der Waals surface area contributed by atoms with Crippen LogP contribution in [0.5, 0.6) is 0 Å². The normalized spacial score (nSPS) is 28.4. The van der Waals surface area contributed by atoms with Crippen LogP contribution in [-0.2, 0) is 0 Å². The van der Waals surface area contributed by atoms with Crippen LogP contribution < -0.4 is 5.32 Å². The third-order valence-corrected chi connectivity index (χ3v) is 5.06. The number of hydrogen-bond acceptors (Lipinski definition) is 1. The molecule has 2 rings (SSSR count). The lowest BCUT2D eigenvalue weighted by Crippen LogP contribution is -2.33. The Morgan fingerprint density at radius 3 is 2.45 bits per heavy atom. The Morgan fingerprint density at radius 1 is 1.25 bits per heavy atom. The fraction of sp³-hybridized carbons (Fsp3) is 0.647. The van der Waals surface area contributed by atoms with Gasteiger partial charge in [0, 0.05) is 6.04 Å². The number of rotatable bonds is 4. The molecule has 3 unspecified atom stereocenters. The molecular formula is C17H25BrFN. The molecule has 1 saturated carbocycles. The molecule has 0 bridgehead atoms. The van der Waals surface area contributed by atoms with Gasteiger partial charge in [-0.25, -0.2) is 4.39 Å². The first-order valence-electron chi connectivity index (χ1n) is 7.69. The number of halogens is 2. The molecular weight excluding hydrogens is 317 g/mol. The van der Waals surface area contributed by atoms with E-state index in [4.69, 9.17) is 0 Å². The van der Waals surface area contributed by atoms with E-state index in [0.29, 0.717) is 10.4 Å². The maximum atomic E-state index is 13.8. The number of benzene rings is 1. The monoisotopic (exact) mass is 341 g/mol. The highest BCUT2D eigenvalue weighted by atomic mass is 79.9. The van der Waals surface area contributed by atoms with Gasteiger partial charge in [0.1, 0.15) is 5.82 Å². The van der Waals surface area contributed by atoms with Crippen molar-refractivity contribution in [1.82, 2.24) is 5.32 Å². The van der Waals surface area contributed by atoms with Crippen molar-refractivity contribution in [3.63, 3.8) is 0 Å². The van der Waals surface area contributed by atoms with E-state index in [1.54, 1.807) is 6.07 Å². The van der Waals surface area contributed by atoms with Crippen LogP contribution in [0, 0.1) is 23.6 Å². The first kappa shape index (κ1) is 16.0. The molecule has 0 heterocycles. The maximum absolute atomic E-state index is 13.8. The lowest BCUT2D eigenvalue weighted by Gasteiger charge is -2.37. The summed E-state index contributed by atoms with van der Waals surface area (Å²) < 4.78 is 14.4. The Hall–Kier alpha value is -0.410. The molecule has 1 aromatic carbocycles. The Morgan fingerprint density at radius 2 is 1.90 bits per heavy atom. The van der Waals surface area contributed by atoms with E-state index >= 15 is 0 Å². The molecule has 1 nitrogen and oxygen atoms in total. The second-order valence-corrected chi connectivity index (χ2v) is 7.24. The Kier molecular flexibility index (Phi) is 5.62. The summed E-state index contributed by atoms with van der Waals surface area (Å²) in [6.45, 7) is 7.72. The van der Waals surface area contributed by atoms with Gasteiger partial charge in [0.25, 0.3) is 0 Å². The van der Waals surface area contributed by atoms with Crippen LogP contribution in [0.4, 0.5) is 4.39 Å². The van der Waals surface area contributed by atoms with Gasteiger partial charge in [-0.2, -0.15) is 0 Å². The van der Waals surface area contributed by atoms with Gasteiger partial charge in [0.15, 0.2) is 0 Å². The molecule has 1 aliphatic carbocycles. The van der Waals surface area contributed by atoms with Gasteiger partial charge >= 0.3 is 0 Å². The molecule has 1 aromatic rings. The quantitative estimate of drug-likeness (QED) is 0.782. The largest absolute Gasteiger partial charge is 0.310 e. The highest BCUT2D eigenvalue weighted by Crippen LogP contribution is 2.40. The molecule has 0 aromatic heterocycles. The average Bonchev–Trinajstić information content (AvgIpc) is 2.38. The predicted octanol–water partition coefficient (Wildman–Crippen LogP) is 5.31. The van der Waals surface area contributed by atoms with E-state index in [1.165, 1.54) is 19.3 Å². The molecule has 3 heteroatoms. The van der Waals surface area contributed by atoms with E-state index in [9.17, 15) is 4.39 Å². The van der Waals surface area contributed by atoms with Crippen molar-refractivity contribution in [1.29, 1.82) is 0 Å². The topological polar surface area (TPSA) is 12.0 Å². The standard InChI is InChI=1S/C17H25BrFN/c1-4-20-17(13-5-6-15(18)16(19)10-13)14-8-11(2)7-12(3)9-14/h5-6,10-12,14,17,20H,4,7-9H2,1-3H3. The maximum Gasteiger partial charge on any atom is 0.137 e. The second-order valence-electron chi connectivity index (χ2n) is 6.39. The zero-order valence-corrected chi connectivity index (χ0v) is 14.2. The van der Waals surface area contributed by atoms with E-state index in [2.05, 4.69) is 42.0 Å². The van der Waals surface area contributed by atoms with Crippen LogP contribution in [0.1, 0.15) is 51.6 Å². The summed E-state index contributed by atoms with van der Waals surface area (Å²) in [6, 6.07) is 5.82. The van der Waals surface area contributed by atoms with E-state index in [0.717, 1.165) is 23.9 Å². The van der Waals surface area contributed by atoms with Gasteiger partial charge < -0.3 is 5.32 Å². The van der Waals surface area contributed by atoms with Gasteiger partial charge in [-0.05, 0) is 77.2 Å². The van der Waals surface area contributed by atoms with Gasteiger partial charge in [0.05, 0.1) is 4.47 Å². The van der Waals surface area contributed by atoms with Gasteiger partial charge in [-0.3, -0.25) is 0 Å². The zero-order chi connectivity index (χ0) is 14.7. The van der Waals surface area contributed by atoms with Crippen LogP contribution in [0.2, 0.25) is 0 Å². The summed E-state index contributed by atoms with van der Waals surface area (Å²) in [4.78, 5) is 0. The highest BCUT2D eigenvalue weighted by Gasteiger charge is 2.30. The summed E-state index contributed by atoms with van der Waals surface area (Å²) >= 11 is 3.24. The molecule has 1 aliphatic rings. The van der Waals surface area contributed by atoms with Crippen molar-refractivity contribution in [3.05, 3.63) is 34.1 Å². The van der Waals surface area contributed by atoms with Crippen molar-refractivity contribution >= 4 is 15.9 Å². The molecule has 0 radical (unpaired) electrons. The van der Waals surface area contributed by atoms with E-state index < -0.39 is 0 Å². The number of hydrogen-bond donors (Lipinski definition) is 1. The molecule has 3 atom stereocenters. The summed E-state index contributed by atoms with van der Waals surface area (Å²) in [7, 11) is 0. The van der Waals surface area contributed by atoms with Crippen molar-refractivity contribution in [2.75, 3.05) is 6.54 Å². The third kappa shape index (κ3) is 3.82. The predicted molar refractivity (Wildman–Crippen MR) is 86.2 cm³/mol. The minimum Gasteiger partial charge on any atom is -0.310 e. The Labute approximate surface area is 130 Å². The van der Waals surface area contributed by atoms with Crippen LogP contribution in [0.25, 0.3) is 0 Å². The molecule has 0 spiro atoms. The second kappa shape index (κ2) is 7.04. The number of nitrogens with one attached hydrogen (secondary N) is 1. The minimum atomic E-state index is -0.165. The molecule has 0 saturated heterocycles. The first-order valence-corrected chi connectivity index (χ1v) is 8.48. The van der Waals surface area contributed by atoms with E-state index in [1.807, 2.05) is 12.1 Å². The van der Waals surface area contributed by atoms with Crippen molar-refractivity contribution in [2.24, 2.45) is 17.8 Å². The molecule has 20 heavy (non-hydrogen) atoms. The fourth-order valence-electron chi connectivity index (χ4n) is 3.76. The molecule has 1 N–H and O–H groups in total. The SMILES string of the molecule is CCNC(c1ccc(Br)c(F)c1)C1CC(C)CC(C)C1. The van der Waals surface area contributed by atoms with Crippen LogP contribution >= 0.6 is 15.9 Å². The van der Waals surface area contributed by atoms with Crippen LogP contribution in [-0.4, -0.2) is 6.54 Å². The summed E-state index contributed by atoms with van der Waals surface area (Å²) in [5.41, 5.74) is 1.08. The van der Waals surface area contributed by atoms with Gasteiger partial charge in [-0.15, -0.1) is 0 Å². The smallest absolute Gasteiger partial charge is 0.137 e. The third-order valence-electron chi connectivity index (χ3n) is 4.41. The Balaban J connectivity index is 2.23. The Bertz CT molecular complexity index is 439. The minimum absolute atomic E-state index is 0.165. The fourth-order valence-corrected chi connectivity index (χ4v) is 4.01. The van der Waals surface area contributed by atoms with Gasteiger partial charge in [0.2, 0.25) is 0 Å². The molecule has 1 fully saturated rings. The molecule has 0 aliphatic heterocycles. The van der Waals surface area contributed by atoms with Crippen molar-refractivity contribution < 1.29 is 4.39 Å². The van der Waals surface area contributed by atoms with Gasteiger partial charge in [-0.1, -0.05) is 26.8 Å². The van der Waals surface area contributed by atoms with E-state index in [-0.39, 0.29) is 11.9 Å². The first-order chi connectivity index (χ1) is 9.51. The zero-order valence-electron chi connectivity index (χ0n) is 12.6. The summed E-state index contributed by atoms with van der Waals surface area (Å²) in [5.74, 6) is 1.98. The lowest BCUT2D eigenvalue weighted by molar-refractivity contribution is 0.177. The molecule has 0 amide bonds. The van der Waals surface area contributed by atoms with Crippen LogP contribution in [0.15, 0.2) is 22.7 Å². The van der Waals surface area contributed by atoms with Crippen LogP contribution in [0.3, 0.4) is 0 Å². The summed E-state index contributed by atoms with van der Waals surface area (Å²) in [6.07, 6.45) is 3.80. The summed E-state index contributed by atoms with van der Waals surface area (Å²) in [5, 5.41) is 3.57. The van der Waals surface area contributed by atoms with Crippen molar-refractivity contribution in [2.45, 2.75) is 46.1 Å².